The molecule has 0 aliphatic rings. The second-order valence-electron chi connectivity index (χ2n) is 9.00. The molecule has 0 amide bonds. The highest BCUT2D eigenvalue weighted by Crippen LogP contribution is 2.38. The molecule has 0 saturated heterocycles. The van der Waals surface area contributed by atoms with E-state index in [1.807, 2.05) is 54.6 Å². The van der Waals surface area contributed by atoms with Crippen LogP contribution in [0.1, 0.15) is 27.8 Å². The van der Waals surface area contributed by atoms with Gasteiger partial charge in [0.1, 0.15) is 17.9 Å². The number of hydrogen-bond donors (Lipinski definition) is 0. The van der Waals surface area contributed by atoms with Gasteiger partial charge >= 0.3 is 6.18 Å². The lowest BCUT2D eigenvalue weighted by molar-refractivity contribution is -0.136. The predicted octanol–water partition coefficient (Wildman–Crippen LogP) is 7.97. The number of benzene rings is 4. The van der Waals surface area contributed by atoms with E-state index in [1.54, 1.807) is 10.7 Å². The number of aromatic nitrogens is 2. The van der Waals surface area contributed by atoms with E-state index in [9.17, 15) is 13.2 Å². The second kappa shape index (κ2) is 9.53. The Morgan fingerprint density at radius 3 is 2.14 bits per heavy atom. The van der Waals surface area contributed by atoms with Crippen LogP contribution in [0.5, 0.6) is 5.75 Å². The van der Waals surface area contributed by atoms with Gasteiger partial charge in [0.25, 0.3) is 0 Å². The van der Waals surface area contributed by atoms with Gasteiger partial charge in [-0.2, -0.15) is 18.3 Å². The van der Waals surface area contributed by atoms with Gasteiger partial charge in [-0.15, -0.1) is 0 Å². The molecule has 0 unspecified atom stereocenters. The summed E-state index contributed by atoms with van der Waals surface area (Å²) in [5.74, 6) is 0.687. The van der Waals surface area contributed by atoms with Crippen LogP contribution in [0.3, 0.4) is 0 Å². The monoisotopic (exact) mass is 486 g/mol. The van der Waals surface area contributed by atoms with Crippen molar-refractivity contribution in [1.82, 2.24) is 9.78 Å². The highest BCUT2D eigenvalue weighted by atomic mass is 19.4. The average Bonchev–Trinajstić information content (AvgIpc) is 3.20. The van der Waals surface area contributed by atoms with Gasteiger partial charge in [0.05, 0.1) is 17.8 Å². The van der Waals surface area contributed by atoms with Crippen molar-refractivity contribution in [2.75, 3.05) is 0 Å². The first-order valence-corrected chi connectivity index (χ1v) is 11.7. The summed E-state index contributed by atoms with van der Waals surface area (Å²) in [6.07, 6.45) is -4.49. The summed E-state index contributed by atoms with van der Waals surface area (Å²) < 4.78 is 48.9. The lowest BCUT2D eigenvalue weighted by Gasteiger charge is -2.11. The number of rotatable bonds is 6. The number of ether oxygens (including phenoxy) is 1. The highest BCUT2D eigenvalue weighted by molar-refractivity contribution is 5.95. The molecular formula is C30H25F3N2O. The Morgan fingerprint density at radius 2 is 1.47 bits per heavy atom. The Balaban J connectivity index is 1.51. The lowest BCUT2D eigenvalue weighted by Crippen LogP contribution is -2.06. The van der Waals surface area contributed by atoms with Gasteiger partial charge in [-0.1, -0.05) is 71.8 Å². The third-order valence-electron chi connectivity index (χ3n) is 6.07. The minimum atomic E-state index is -4.49. The van der Waals surface area contributed by atoms with Gasteiger partial charge in [-0.3, -0.25) is 4.68 Å². The SMILES string of the molecule is Cc1cc(C)cc(COc2ccc(-c3c4cccc(C(F)(F)F)c4nn3Cc3ccccc3)cc2)c1. The zero-order valence-electron chi connectivity index (χ0n) is 20.0. The quantitative estimate of drug-likeness (QED) is 0.243. The first-order valence-electron chi connectivity index (χ1n) is 11.7. The largest absolute Gasteiger partial charge is 0.489 e. The maximum absolute atomic E-state index is 13.7. The van der Waals surface area contributed by atoms with Crippen LogP contribution in [0.15, 0.2) is 91.0 Å². The summed E-state index contributed by atoms with van der Waals surface area (Å²) >= 11 is 0. The number of alkyl halides is 3. The Hall–Kier alpha value is -4.06. The summed E-state index contributed by atoms with van der Waals surface area (Å²) in [5, 5.41) is 4.89. The molecule has 6 heteroatoms. The van der Waals surface area contributed by atoms with Crippen LogP contribution in [0, 0.1) is 13.8 Å². The molecule has 0 atom stereocenters. The van der Waals surface area contributed by atoms with Crippen molar-refractivity contribution in [3.8, 4) is 17.0 Å². The van der Waals surface area contributed by atoms with E-state index in [0.29, 0.717) is 30.0 Å². The molecule has 0 aliphatic carbocycles. The van der Waals surface area contributed by atoms with Crippen molar-refractivity contribution < 1.29 is 17.9 Å². The van der Waals surface area contributed by atoms with Crippen LogP contribution in [-0.4, -0.2) is 9.78 Å². The molecule has 4 aromatic carbocycles. The van der Waals surface area contributed by atoms with E-state index in [4.69, 9.17) is 4.74 Å². The summed E-state index contributed by atoms with van der Waals surface area (Å²) in [5.41, 5.74) is 5.03. The molecular weight excluding hydrogens is 461 g/mol. The summed E-state index contributed by atoms with van der Waals surface area (Å²) in [7, 11) is 0. The van der Waals surface area contributed by atoms with E-state index in [2.05, 4.69) is 37.1 Å². The fourth-order valence-corrected chi connectivity index (χ4v) is 4.58. The van der Waals surface area contributed by atoms with Crippen molar-refractivity contribution in [2.45, 2.75) is 33.2 Å². The van der Waals surface area contributed by atoms with Gasteiger partial charge in [0.15, 0.2) is 0 Å². The van der Waals surface area contributed by atoms with Gasteiger partial charge in [0, 0.05) is 10.9 Å². The highest BCUT2D eigenvalue weighted by Gasteiger charge is 2.34. The number of fused-ring (bicyclic) bond motifs is 1. The maximum Gasteiger partial charge on any atom is 0.418 e. The first-order chi connectivity index (χ1) is 17.3. The first kappa shape index (κ1) is 23.7. The van der Waals surface area contributed by atoms with Crippen molar-refractivity contribution in [1.29, 1.82) is 0 Å². The molecule has 3 nitrogen and oxygen atoms in total. The predicted molar refractivity (Wildman–Crippen MR) is 136 cm³/mol. The van der Waals surface area contributed by atoms with Crippen molar-refractivity contribution in [3.63, 3.8) is 0 Å². The fourth-order valence-electron chi connectivity index (χ4n) is 4.58. The Kier molecular flexibility index (Phi) is 6.27. The normalized spacial score (nSPS) is 11.7. The molecule has 36 heavy (non-hydrogen) atoms. The smallest absolute Gasteiger partial charge is 0.418 e. The Bertz CT molecular complexity index is 1480. The van der Waals surface area contributed by atoms with E-state index in [1.165, 1.54) is 17.2 Å². The molecule has 0 bridgehead atoms. The van der Waals surface area contributed by atoms with Gasteiger partial charge in [0.2, 0.25) is 0 Å². The van der Waals surface area contributed by atoms with Crippen LogP contribution >= 0.6 is 0 Å². The minimum absolute atomic E-state index is 0.0499. The number of hydrogen-bond acceptors (Lipinski definition) is 2. The van der Waals surface area contributed by atoms with Crippen molar-refractivity contribution in [3.05, 3.63) is 119 Å². The third kappa shape index (κ3) is 4.98. The van der Waals surface area contributed by atoms with E-state index in [-0.39, 0.29) is 5.52 Å². The van der Waals surface area contributed by atoms with Crippen molar-refractivity contribution in [2.24, 2.45) is 0 Å². The molecule has 1 heterocycles. The number of aryl methyl sites for hydroxylation is 2. The van der Waals surface area contributed by atoms with Crippen LogP contribution in [0.4, 0.5) is 13.2 Å². The molecule has 0 N–H and O–H groups in total. The van der Waals surface area contributed by atoms with Crippen molar-refractivity contribution >= 4 is 10.9 Å². The van der Waals surface area contributed by atoms with Gasteiger partial charge < -0.3 is 4.74 Å². The molecule has 5 aromatic rings. The average molecular weight is 487 g/mol. The van der Waals surface area contributed by atoms with E-state index in [0.717, 1.165) is 22.8 Å². The maximum atomic E-state index is 13.7. The molecule has 0 fully saturated rings. The molecule has 0 spiro atoms. The standard InChI is InChI=1S/C30H25F3N2O/c1-20-15-21(2)17-23(16-20)19-36-25-13-11-24(12-14-25)29-26-9-6-10-27(30(31,32)33)28(26)34-35(29)18-22-7-4-3-5-8-22/h3-17H,18-19H2,1-2H3. The summed E-state index contributed by atoms with van der Waals surface area (Å²) in [4.78, 5) is 0. The molecule has 182 valence electrons. The molecule has 0 radical (unpaired) electrons. The van der Waals surface area contributed by atoms with Crippen LogP contribution in [-0.2, 0) is 19.3 Å². The molecule has 5 rings (SSSR count). The molecule has 1 aromatic heterocycles. The zero-order valence-corrected chi connectivity index (χ0v) is 20.0. The lowest BCUT2D eigenvalue weighted by atomic mass is 10.0. The van der Waals surface area contributed by atoms with E-state index < -0.39 is 11.7 Å². The summed E-state index contributed by atoms with van der Waals surface area (Å²) in [6, 6.07) is 27.5. The molecule has 0 aliphatic heterocycles. The molecule has 0 saturated carbocycles. The van der Waals surface area contributed by atoms with E-state index >= 15 is 0 Å². The third-order valence-corrected chi connectivity index (χ3v) is 6.07. The topological polar surface area (TPSA) is 27.1 Å². The number of nitrogens with zero attached hydrogens (tertiary/aromatic N) is 2. The van der Waals surface area contributed by atoms with Crippen LogP contribution in [0.25, 0.3) is 22.2 Å². The van der Waals surface area contributed by atoms with Crippen LogP contribution < -0.4 is 4.74 Å². The Morgan fingerprint density at radius 1 is 0.778 bits per heavy atom. The summed E-state index contributed by atoms with van der Waals surface area (Å²) in [6.45, 7) is 4.90. The second-order valence-corrected chi connectivity index (χ2v) is 9.00. The minimum Gasteiger partial charge on any atom is -0.489 e. The van der Waals surface area contributed by atoms with Gasteiger partial charge in [-0.25, -0.2) is 0 Å². The number of halogens is 3. The fraction of sp³-hybridized carbons (Fsp3) is 0.167. The Labute approximate surface area is 207 Å². The van der Waals surface area contributed by atoms with Gasteiger partial charge in [-0.05, 0) is 55.3 Å². The van der Waals surface area contributed by atoms with Crippen LogP contribution in [0.2, 0.25) is 0 Å². The zero-order chi connectivity index (χ0) is 25.3.